The lowest BCUT2D eigenvalue weighted by molar-refractivity contribution is 0.312. The average Bonchev–Trinajstić information content (AvgIpc) is 2.71. The Morgan fingerprint density at radius 2 is 1.62 bits per heavy atom. The smallest absolute Gasteiger partial charge is 0.134 e. The average molecular weight is 355 g/mol. The molecule has 0 atom stereocenters. The highest BCUT2D eigenvalue weighted by Crippen LogP contribution is 2.37. The van der Waals surface area contributed by atoms with Crippen LogP contribution in [0.4, 0.5) is 0 Å². The molecule has 0 amide bonds. The van der Waals surface area contributed by atoms with Gasteiger partial charge in [0.2, 0.25) is 0 Å². The summed E-state index contributed by atoms with van der Waals surface area (Å²) in [5.74, 6) is 1.01. The number of rotatable bonds is 7. The molecule has 0 saturated carbocycles. The number of aryl methyl sites for hydroxylation is 1. The van der Waals surface area contributed by atoms with Crippen molar-refractivity contribution in [2.75, 3.05) is 6.61 Å². The topological polar surface area (TPSA) is 9.23 Å². The molecule has 2 rings (SSSR count). The molecule has 0 aromatic heterocycles. The van der Waals surface area contributed by atoms with Gasteiger partial charge in [-0.15, -0.1) is 0 Å². The summed E-state index contributed by atoms with van der Waals surface area (Å²) >= 11 is 0. The molecule has 0 spiro atoms. The minimum atomic E-state index is 0.764. The van der Waals surface area contributed by atoms with E-state index in [0.29, 0.717) is 0 Å². The van der Waals surface area contributed by atoms with Gasteiger partial charge in [0.15, 0.2) is 0 Å². The van der Waals surface area contributed by atoms with E-state index in [1.54, 1.807) is 0 Å². The Kier molecular flexibility index (Phi) is 13.1. The Labute approximate surface area is 161 Å². The van der Waals surface area contributed by atoms with E-state index in [2.05, 4.69) is 57.7 Å². The molecular weight excluding hydrogens is 316 g/mol. The molecule has 0 N–H and O–H groups in total. The fraction of sp³-hybridized carbons (Fsp3) is 0.440. The number of ether oxygens (including phenoxy) is 1. The Hall–Kier alpha value is -2.02. The molecule has 0 unspecified atom stereocenters. The largest absolute Gasteiger partial charge is 0.492 e. The molecule has 0 bridgehead atoms. The van der Waals surface area contributed by atoms with Crippen molar-refractivity contribution < 1.29 is 4.74 Å². The highest BCUT2D eigenvalue weighted by molar-refractivity contribution is 5.96. The molecule has 2 aromatic carbocycles. The number of fused-ring (bicyclic) bond motifs is 1. The van der Waals surface area contributed by atoms with E-state index in [4.69, 9.17) is 4.74 Å². The standard InChI is InChI=1S/C21H26O.2C2H6/c1-5-8-12-18-16(4)17(7-3)19-13-10-11-14-20(19)21(18)22-15-9-6-2;2*1-2/h5,8,10-14H,1,6-7,9,15H2,2-4H3;2*1-2H3/b12-8-;;. The monoisotopic (exact) mass is 354 g/mol. The summed E-state index contributed by atoms with van der Waals surface area (Å²) in [6.07, 6.45) is 9.17. The zero-order valence-corrected chi connectivity index (χ0v) is 18.0. The van der Waals surface area contributed by atoms with E-state index in [-0.39, 0.29) is 0 Å². The van der Waals surface area contributed by atoms with E-state index in [1.165, 1.54) is 27.5 Å². The summed E-state index contributed by atoms with van der Waals surface area (Å²) < 4.78 is 6.18. The van der Waals surface area contributed by atoms with Crippen molar-refractivity contribution in [2.24, 2.45) is 0 Å². The number of allylic oxidation sites excluding steroid dienone is 2. The van der Waals surface area contributed by atoms with Gasteiger partial charge < -0.3 is 4.74 Å². The molecule has 0 aliphatic heterocycles. The van der Waals surface area contributed by atoms with Crippen molar-refractivity contribution in [3.05, 3.63) is 59.7 Å². The van der Waals surface area contributed by atoms with Crippen molar-refractivity contribution in [1.82, 2.24) is 0 Å². The van der Waals surface area contributed by atoms with Gasteiger partial charge in [-0.05, 0) is 36.3 Å². The summed E-state index contributed by atoms with van der Waals surface area (Å²) in [6, 6.07) is 8.57. The van der Waals surface area contributed by atoms with E-state index < -0.39 is 0 Å². The highest BCUT2D eigenvalue weighted by Gasteiger charge is 2.15. The summed E-state index contributed by atoms with van der Waals surface area (Å²) in [4.78, 5) is 0. The van der Waals surface area contributed by atoms with Gasteiger partial charge in [-0.1, -0.05) is 97.0 Å². The SMILES string of the molecule is C=C/C=C\c1c(C)c(CC)c2ccccc2c1OCCCC.CC.CC. The molecule has 1 heteroatoms. The van der Waals surface area contributed by atoms with Gasteiger partial charge in [-0.3, -0.25) is 0 Å². The van der Waals surface area contributed by atoms with Crippen LogP contribution >= 0.6 is 0 Å². The Balaban J connectivity index is 0.00000146. The predicted molar refractivity (Wildman–Crippen MR) is 120 cm³/mol. The van der Waals surface area contributed by atoms with E-state index in [1.807, 2.05) is 39.8 Å². The molecule has 26 heavy (non-hydrogen) atoms. The normalized spacial score (nSPS) is 9.96. The summed E-state index contributed by atoms with van der Waals surface area (Å²) in [5.41, 5.74) is 3.90. The van der Waals surface area contributed by atoms with Gasteiger partial charge in [0.1, 0.15) is 5.75 Å². The van der Waals surface area contributed by atoms with Crippen molar-refractivity contribution in [2.45, 2.75) is 67.7 Å². The van der Waals surface area contributed by atoms with Crippen LogP contribution in [0.15, 0.2) is 43.0 Å². The predicted octanol–water partition coefficient (Wildman–Crippen LogP) is 8.14. The zero-order valence-electron chi connectivity index (χ0n) is 18.0. The maximum Gasteiger partial charge on any atom is 0.134 e. The minimum absolute atomic E-state index is 0.764. The molecule has 0 heterocycles. The maximum absolute atomic E-state index is 6.18. The zero-order chi connectivity index (χ0) is 19.9. The third-order valence-electron chi connectivity index (χ3n) is 4.09. The van der Waals surface area contributed by atoms with Gasteiger partial charge >= 0.3 is 0 Å². The molecule has 0 aliphatic carbocycles. The van der Waals surface area contributed by atoms with Crippen molar-refractivity contribution in [3.8, 4) is 5.75 Å². The van der Waals surface area contributed by atoms with Crippen LogP contribution < -0.4 is 4.74 Å². The summed E-state index contributed by atoms with van der Waals surface area (Å²) in [7, 11) is 0. The second kappa shape index (κ2) is 14.2. The Bertz CT molecular complexity index is 680. The van der Waals surface area contributed by atoms with Crippen LogP contribution in [0.1, 0.15) is 71.1 Å². The van der Waals surface area contributed by atoms with E-state index >= 15 is 0 Å². The minimum Gasteiger partial charge on any atom is -0.492 e. The first-order valence-corrected chi connectivity index (χ1v) is 10.2. The van der Waals surface area contributed by atoms with Gasteiger partial charge in [0.05, 0.1) is 6.61 Å². The van der Waals surface area contributed by atoms with Crippen LogP contribution in [-0.4, -0.2) is 6.61 Å². The second-order valence-electron chi connectivity index (χ2n) is 5.54. The fourth-order valence-electron chi connectivity index (χ4n) is 2.92. The van der Waals surface area contributed by atoms with E-state index in [0.717, 1.165) is 31.6 Å². The highest BCUT2D eigenvalue weighted by atomic mass is 16.5. The number of unbranched alkanes of at least 4 members (excludes halogenated alkanes) is 1. The summed E-state index contributed by atoms with van der Waals surface area (Å²) in [5, 5.41) is 2.52. The second-order valence-corrected chi connectivity index (χ2v) is 5.54. The maximum atomic E-state index is 6.18. The molecule has 144 valence electrons. The number of hydrogen-bond donors (Lipinski definition) is 0. The molecule has 0 radical (unpaired) electrons. The van der Waals surface area contributed by atoms with Crippen molar-refractivity contribution in [1.29, 1.82) is 0 Å². The van der Waals surface area contributed by atoms with E-state index in [9.17, 15) is 0 Å². The van der Waals surface area contributed by atoms with Crippen LogP contribution in [-0.2, 0) is 6.42 Å². The third kappa shape index (κ3) is 6.05. The molecule has 0 aliphatic rings. The third-order valence-corrected chi connectivity index (χ3v) is 4.09. The van der Waals surface area contributed by atoms with Crippen LogP contribution in [0.5, 0.6) is 5.75 Å². The van der Waals surface area contributed by atoms with Gasteiger partial charge in [-0.2, -0.15) is 0 Å². The van der Waals surface area contributed by atoms with Gasteiger partial charge in [0, 0.05) is 10.9 Å². The van der Waals surface area contributed by atoms with Crippen LogP contribution in [0.2, 0.25) is 0 Å². The molecule has 2 aromatic rings. The van der Waals surface area contributed by atoms with Crippen LogP contribution in [0.3, 0.4) is 0 Å². The molecule has 0 saturated heterocycles. The Morgan fingerprint density at radius 1 is 1.00 bits per heavy atom. The van der Waals surface area contributed by atoms with Crippen molar-refractivity contribution in [3.63, 3.8) is 0 Å². The summed E-state index contributed by atoms with van der Waals surface area (Å²) in [6.45, 7) is 19.1. The van der Waals surface area contributed by atoms with Gasteiger partial charge in [-0.25, -0.2) is 0 Å². The lowest BCUT2D eigenvalue weighted by atomic mass is 9.92. The van der Waals surface area contributed by atoms with Crippen molar-refractivity contribution >= 4 is 16.8 Å². The van der Waals surface area contributed by atoms with Crippen LogP contribution in [0, 0.1) is 6.92 Å². The Morgan fingerprint density at radius 3 is 2.15 bits per heavy atom. The first kappa shape index (κ1) is 24.0. The lowest BCUT2D eigenvalue weighted by Crippen LogP contribution is -2.03. The number of benzene rings is 2. The number of hydrogen-bond acceptors (Lipinski definition) is 1. The fourth-order valence-corrected chi connectivity index (χ4v) is 2.92. The first-order valence-electron chi connectivity index (χ1n) is 10.2. The molecular formula is C25H38O. The first-order chi connectivity index (χ1) is 12.7. The lowest BCUT2D eigenvalue weighted by Gasteiger charge is -2.18. The molecule has 0 fully saturated rings. The van der Waals surface area contributed by atoms with Gasteiger partial charge in [0.25, 0.3) is 0 Å². The quantitative estimate of drug-likeness (QED) is 0.360. The van der Waals surface area contributed by atoms with Crippen LogP contribution in [0.25, 0.3) is 16.8 Å². The molecule has 1 nitrogen and oxygen atoms in total.